The van der Waals surface area contributed by atoms with Crippen molar-refractivity contribution in [3.8, 4) is 0 Å². The Morgan fingerprint density at radius 1 is 1.16 bits per heavy atom. The van der Waals surface area contributed by atoms with Crippen LogP contribution in [0, 0.1) is 10.1 Å². The Hall–Kier alpha value is -2.60. The molecule has 3 rings (SSSR count). The van der Waals surface area contributed by atoms with Crippen LogP contribution in [-0.2, 0) is 17.9 Å². The molecule has 1 N–H and O–H groups in total. The van der Waals surface area contributed by atoms with Crippen molar-refractivity contribution in [1.29, 1.82) is 0 Å². The summed E-state index contributed by atoms with van der Waals surface area (Å²) in [6, 6.07) is 12.4. The van der Waals surface area contributed by atoms with E-state index in [1.165, 1.54) is 12.1 Å². The molecule has 1 saturated heterocycles. The van der Waals surface area contributed by atoms with Crippen molar-refractivity contribution in [2.45, 2.75) is 25.9 Å². The molecule has 0 aromatic heterocycles. The molecule has 0 radical (unpaired) electrons. The molecular weight excluding hydrogens is 342 g/mol. The maximum Gasteiger partial charge on any atom is 0.271 e. The Labute approximate surface area is 150 Å². The summed E-state index contributed by atoms with van der Waals surface area (Å²) in [5.74, 6) is 0.221. The van der Waals surface area contributed by atoms with Crippen LogP contribution in [0.2, 0.25) is 5.02 Å². The smallest absolute Gasteiger partial charge is 0.271 e. The van der Waals surface area contributed by atoms with Gasteiger partial charge in [0.1, 0.15) is 0 Å². The molecule has 1 heterocycles. The van der Waals surface area contributed by atoms with Gasteiger partial charge in [-0.1, -0.05) is 35.9 Å². The van der Waals surface area contributed by atoms with E-state index < -0.39 is 4.92 Å². The van der Waals surface area contributed by atoms with Crippen LogP contribution < -0.4 is 5.32 Å². The van der Waals surface area contributed by atoms with E-state index in [1.807, 2.05) is 29.2 Å². The Kier molecular flexibility index (Phi) is 5.19. The molecule has 0 aliphatic carbocycles. The fraction of sp³-hybridized carbons (Fsp3) is 0.278. The van der Waals surface area contributed by atoms with Crippen LogP contribution in [-0.4, -0.2) is 22.3 Å². The minimum Gasteiger partial charge on any atom is -0.380 e. The maximum absolute atomic E-state index is 11.7. The van der Waals surface area contributed by atoms with E-state index in [-0.39, 0.29) is 11.6 Å². The van der Waals surface area contributed by atoms with Crippen molar-refractivity contribution in [1.82, 2.24) is 4.90 Å². The molecule has 0 atom stereocenters. The SMILES string of the molecule is O=C1CCCN1Cc1ccc(CNc2ccc([N+](=O)[O-])cc2Cl)cc1. The highest BCUT2D eigenvalue weighted by molar-refractivity contribution is 6.33. The third-order valence-electron chi connectivity index (χ3n) is 4.21. The summed E-state index contributed by atoms with van der Waals surface area (Å²) >= 11 is 6.07. The highest BCUT2D eigenvalue weighted by atomic mass is 35.5. The fourth-order valence-corrected chi connectivity index (χ4v) is 3.05. The number of halogens is 1. The summed E-state index contributed by atoms with van der Waals surface area (Å²) in [6.07, 6.45) is 1.59. The Bertz CT molecular complexity index is 793. The number of rotatable bonds is 6. The van der Waals surface area contributed by atoms with Crippen LogP contribution in [0.15, 0.2) is 42.5 Å². The van der Waals surface area contributed by atoms with Crippen molar-refractivity contribution < 1.29 is 9.72 Å². The second-order valence-electron chi connectivity index (χ2n) is 6.01. The molecule has 1 amide bonds. The fourth-order valence-electron chi connectivity index (χ4n) is 2.81. The predicted octanol–water partition coefficient (Wildman–Crippen LogP) is 3.98. The van der Waals surface area contributed by atoms with E-state index in [0.717, 1.165) is 24.1 Å². The van der Waals surface area contributed by atoms with Crippen molar-refractivity contribution in [3.63, 3.8) is 0 Å². The van der Waals surface area contributed by atoms with Gasteiger partial charge < -0.3 is 10.2 Å². The number of anilines is 1. The van der Waals surface area contributed by atoms with Gasteiger partial charge in [0.2, 0.25) is 5.91 Å². The molecule has 0 unspecified atom stereocenters. The van der Waals surface area contributed by atoms with Crippen LogP contribution in [0.4, 0.5) is 11.4 Å². The van der Waals surface area contributed by atoms with Crippen molar-refractivity contribution in [2.24, 2.45) is 0 Å². The molecule has 0 saturated carbocycles. The van der Waals surface area contributed by atoms with Crippen LogP contribution in [0.1, 0.15) is 24.0 Å². The number of hydrogen-bond acceptors (Lipinski definition) is 4. The van der Waals surface area contributed by atoms with Crippen molar-refractivity contribution in [3.05, 3.63) is 68.7 Å². The molecule has 2 aromatic rings. The largest absolute Gasteiger partial charge is 0.380 e. The number of likely N-dealkylation sites (tertiary alicyclic amines) is 1. The van der Waals surface area contributed by atoms with Crippen molar-refractivity contribution >= 4 is 28.9 Å². The molecule has 1 aliphatic heterocycles. The first-order valence-electron chi connectivity index (χ1n) is 8.06. The van der Waals surface area contributed by atoms with E-state index in [4.69, 9.17) is 11.6 Å². The summed E-state index contributed by atoms with van der Waals surface area (Å²) in [5.41, 5.74) is 2.79. The highest BCUT2D eigenvalue weighted by Gasteiger charge is 2.19. The lowest BCUT2D eigenvalue weighted by molar-refractivity contribution is -0.384. The summed E-state index contributed by atoms with van der Waals surface area (Å²) < 4.78 is 0. The van der Waals surface area contributed by atoms with E-state index in [2.05, 4.69) is 5.32 Å². The quantitative estimate of drug-likeness (QED) is 0.625. The van der Waals surface area contributed by atoms with E-state index in [9.17, 15) is 14.9 Å². The summed E-state index contributed by atoms with van der Waals surface area (Å²) in [7, 11) is 0. The maximum atomic E-state index is 11.7. The summed E-state index contributed by atoms with van der Waals surface area (Å²) in [5, 5.41) is 14.2. The second-order valence-corrected chi connectivity index (χ2v) is 6.42. The number of amides is 1. The number of nitrogens with zero attached hydrogens (tertiary/aromatic N) is 2. The van der Waals surface area contributed by atoms with Crippen LogP contribution in [0.5, 0.6) is 0 Å². The number of carbonyl (C=O) groups is 1. The number of hydrogen-bond donors (Lipinski definition) is 1. The average molecular weight is 360 g/mol. The number of non-ortho nitro benzene ring substituents is 1. The summed E-state index contributed by atoms with van der Waals surface area (Å²) in [4.78, 5) is 23.8. The lowest BCUT2D eigenvalue weighted by Gasteiger charge is -2.15. The monoisotopic (exact) mass is 359 g/mol. The molecule has 6 nitrogen and oxygen atoms in total. The van der Waals surface area contributed by atoms with Gasteiger partial charge in [-0.3, -0.25) is 14.9 Å². The van der Waals surface area contributed by atoms with Gasteiger partial charge in [0.05, 0.1) is 15.6 Å². The zero-order valence-corrected chi connectivity index (χ0v) is 14.3. The first-order valence-corrected chi connectivity index (χ1v) is 8.44. The zero-order chi connectivity index (χ0) is 17.8. The molecule has 7 heteroatoms. The second kappa shape index (κ2) is 7.53. The number of nitrogens with one attached hydrogen (secondary N) is 1. The summed E-state index contributed by atoms with van der Waals surface area (Å²) in [6.45, 7) is 2.04. The van der Waals surface area contributed by atoms with E-state index in [1.54, 1.807) is 6.07 Å². The zero-order valence-electron chi connectivity index (χ0n) is 13.6. The van der Waals surface area contributed by atoms with Gasteiger partial charge in [0.15, 0.2) is 0 Å². The van der Waals surface area contributed by atoms with Gasteiger partial charge in [-0.05, 0) is 23.6 Å². The third kappa shape index (κ3) is 4.28. The van der Waals surface area contributed by atoms with Crippen LogP contribution in [0.25, 0.3) is 0 Å². The number of benzene rings is 2. The average Bonchev–Trinajstić information content (AvgIpc) is 3.00. The number of carbonyl (C=O) groups excluding carboxylic acids is 1. The first kappa shape index (κ1) is 17.2. The third-order valence-corrected chi connectivity index (χ3v) is 4.53. The molecule has 2 aromatic carbocycles. The molecular formula is C18H18ClN3O3. The Morgan fingerprint density at radius 2 is 1.88 bits per heavy atom. The van der Waals surface area contributed by atoms with Gasteiger partial charge >= 0.3 is 0 Å². The van der Waals surface area contributed by atoms with Crippen molar-refractivity contribution in [2.75, 3.05) is 11.9 Å². The van der Waals surface area contributed by atoms with Gasteiger partial charge in [0.25, 0.3) is 5.69 Å². The van der Waals surface area contributed by atoms with Crippen LogP contribution in [0.3, 0.4) is 0 Å². The molecule has 0 spiro atoms. The molecule has 130 valence electrons. The van der Waals surface area contributed by atoms with E-state index in [0.29, 0.717) is 30.2 Å². The highest BCUT2D eigenvalue weighted by Crippen LogP contribution is 2.27. The molecule has 1 aliphatic rings. The topological polar surface area (TPSA) is 75.5 Å². The van der Waals surface area contributed by atoms with E-state index >= 15 is 0 Å². The van der Waals surface area contributed by atoms with Gasteiger partial charge in [-0.15, -0.1) is 0 Å². The number of nitro benzene ring substituents is 1. The molecule has 0 bridgehead atoms. The van der Waals surface area contributed by atoms with Gasteiger partial charge in [0, 0.05) is 38.2 Å². The molecule has 25 heavy (non-hydrogen) atoms. The minimum absolute atomic E-state index is 0.0311. The Balaban J connectivity index is 1.58. The molecule has 1 fully saturated rings. The standard InChI is InChI=1S/C18H18ClN3O3/c19-16-10-15(22(24)25)7-8-17(16)20-11-13-3-5-14(6-4-13)12-21-9-1-2-18(21)23/h3-8,10,20H,1-2,9,11-12H2. The first-order chi connectivity index (χ1) is 12.0. The minimum atomic E-state index is -0.473. The lowest BCUT2D eigenvalue weighted by atomic mass is 10.1. The van der Waals surface area contributed by atoms with Gasteiger partial charge in [-0.2, -0.15) is 0 Å². The number of nitro groups is 1. The van der Waals surface area contributed by atoms with Crippen LogP contribution >= 0.6 is 11.6 Å². The lowest BCUT2D eigenvalue weighted by Crippen LogP contribution is -2.23. The normalized spacial score (nSPS) is 14.0. The Morgan fingerprint density at radius 3 is 2.48 bits per heavy atom. The predicted molar refractivity (Wildman–Crippen MR) is 96.5 cm³/mol. The van der Waals surface area contributed by atoms with Gasteiger partial charge in [-0.25, -0.2) is 0 Å².